The topological polar surface area (TPSA) is 36.4 Å². The smallest absolute Gasteiger partial charge is 0.255 e. The van der Waals surface area contributed by atoms with Crippen LogP contribution < -0.4 is 0 Å². The van der Waals surface area contributed by atoms with Gasteiger partial charge in [0, 0.05) is 44.5 Å². The molecule has 1 aromatic rings. The van der Waals surface area contributed by atoms with Crippen LogP contribution in [0, 0.1) is 0 Å². The van der Waals surface area contributed by atoms with Gasteiger partial charge in [0.15, 0.2) is 0 Å². The highest BCUT2D eigenvalue weighted by Gasteiger charge is 2.19. The molecule has 18 heavy (non-hydrogen) atoms. The molecule has 1 amide bonds. The number of hydrogen-bond acceptors (Lipinski definition) is 3. The summed E-state index contributed by atoms with van der Waals surface area (Å²) >= 11 is 5.75. The van der Waals surface area contributed by atoms with Gasteiger partial charge in [0.25, 0.3) is 5.91 Å². The maximum atomic E-state index is 12.3. The molecule has 0 unspecified atom stereocenters. The van der Waals surface area contributed by atoms with E-state index in [1.54, 1.807) is 18.5 Å². The molecule has 1 saturated heterocycles. The molecular formula is C13H18ClN3O. The molecule has 0 aromatic carbocycles. The van der Waals surface area contributed by atoms with Gasteiger partial charge in [-0.2, -0.15) is 0 Å². The van der Waals surface area contributed by atoms with Crippen LogP contribution in [-0.4, -0.2) is 59.3 Å². The van der Waals surface area contributed by atoms with E-state index in [-0.39, 0.29) is 5.91 Å². The fourth-order valence-corrected chi connectivity index (χ4v) is 2.43. The van der Waals surface area contributed by atoms with Crippen molar-refractivity contribution in [3.05, 3.63) is 30.1 Å². The second-order valence-corrected chi connectivity index (χ2v) is 4.80. The second-order valence-electron chi connectivity index (χ2n) is 4.42. The Bertz CT molecular complexity index is 385. The molecule has 1 aliphatic heterocycles. The van der Waals surface area contributed by atoms with Crippen LogP contribution >= 0.6 is 11.6 Å². The molecule has 0 atom stereocenters. The third-order valence-electron chi connectivity index (χ3n) is 3.18. The van der Waals surface area contributed by atoms with Gasteiger partial charge in [0.2, 0.25) is 0 Å². The van der Waals surface area contributed by atoms with Crippen LogP contribution in [0.3, 0.4) is 0 Å². The van der Waals surface area contributed by atoms with E-state index < -0.39 is 0 Å². The van der Waals surface area contributed by atoms with Gasteiger partial charge in [0.1, 0.15) is 0 Å². The molecule has 98 valence electrons. The predicted molar refractivity (Wildman–Crippen MR) is 71.9 cm³/mol. The highest BCUT2D eigenvalue weighted by molar-refractivity contribution is 6.18. The second kappa shape index (κ2) is 6.71. The third-order valence-corrected chi connectivity index (χ3v) is 3.35. The van der Waals surface area contributed by atoms with Gasteiger partial charge in [-0.3, -0.25) is 9.78 Å². The lowest BCUT2D eigenvalue weighted by Gasteiger charge is -2.21. The lowest BCUT2D eigenvalue weighted by molar-refractivity contribution is 0.0761. The summed E-state index contributed by atoms with van der Waals surface area (Å²) in [6.07, 6.45) is 4.31. The van der Waals surface area contributed by atoms with Crippen molar-refractivity contribution in [2.75, 3.05) is 38.6 Å². The van der Waals surface area contributed by atoms with Crippen LogP contribution in [0.4, 0.5) is 0 Å². The molecule has 0 aliphatic carbocycles. The van der Waals surface area contributed by atoms with Gasteiger partial charge in [-0.25, -0.2) is 0 Å². The van der Waals surface area contributed by atoms with E-state index in [9.17, 15) is 4.79 Å². The number of carbonyl (C=O) groups is 1. The summed E-state index contributed by atoms with van der Waals surface area (Å²) in [7, 11) is 0. The van der Waals surface area contributed by atoms with E-state index in [0.29, 0.717) is 11.4 Å². The van der Waals surface area contributed by atoms with Crippen LogP contribution in [0.15, 0.2) is 24.5 Å². The Kier molecular flexibility index (Phi) is 4.96. The summed E-state index contributed by atoms with van der Waals surface area (Å²) < 4.78 is 0. The fourth-order valence-electron chi connectivity index (χ4n) is 2.19. The van der Waals surface area contributed by atoms with E-state index in [0.717, 1.165) is 39.1 Å². The van der Waals surface area contributed by atoms with Gasteiger partial charge < -0.3 is 9.80 Å². The Balaban J connectivity index is 1.96. The average Bonchev–Trinajstić information content (AvgIpc) is 2.65. The first-order chi connectivity index (χ1) is 8.81. The molecule has 0 radical (unpaired) electrons. The molecule has 2 heterocycles. The number of rotatable bonds is 3. The molecule has 0 saturated carbocycles. The van der Waals surface area contributed by atoms with Gasteiger partial charge in [-0.15, -0.1) is 11.6 Å². The standard InChI is InChI=1S/C13H18ClN3O/c14-4-8-16-6-2-7-17(10-9-16)13(18)12-3-1-5-15-11-12/h1,3,5,11H,2,4,6-10H2. The summed E-state index contributed by atoms with van der Waals surface area (Å²) in [5.41, 5.74) is 0.670. The maximum Gasteiger partial charge on any atom is 0.255 e. The molecule has 1 aliphatic rings. The first-order valence-electron chi connectivity index (χ1n) is 6.29. The van der Waals surface area contributed by atoms with Crippen molar-refractivity contribution in [1.82, 2.24) is 14.8 Å². The summed E-state index contributed by atoms with van der Waals surface area (Å²) in [5.74, 6) is 0.729. The molecule has 0 bridgehead atoms. The number of hydrogen-bond donors (Lipinski definition) is 0. The highest BCUT2D eigenvalue weighted by Crippen LogP contribution is 2.08. The molecule has 1 fully saturated rings. The van der Waals surface area contributed by atoms with Crippen molar-refractivity contribution >= 4 is 17.5 Å². The van der Waals surface area contributed by atoms with E-state index in [1.807, 2.05) is 11.0 Å². The lowest BCUT2D eigenvalue weighted by atomic mass is 10.2. The molecule has 4 nitrogen and oxygen atoms in total. The van der Waals surface area contributed by atoms with Crippen molar-refractivity contribution in [3.8, 4) is 0 Å². The highest BCUT2D eigenvalue weighted by atomic mass is 35.5. The van der Waals surface area contributed by atoms with Crippen LogP contribution in [0.25, 0.3) is 0 Å². The first-order valence-corrected chi connectivity index (χ1v) is 6.82. The minimum atomic E-state index is 0.0795. The largest absolute Gasteiger partial charge is 0.337 e. The lowest BCUT2D eigenvalue weighted by Crippen LogP contribution is -2.35. The predicted octanol–water partition coefficient (Wildman–Crippen LogP) is 1.47. The Labute approximate surface area is 113 Å². The fraction of sp³-hybridized carbons (Fsp3) is 0.538. The van der Waals surface area contributed by atoms with Crippen LogP contribution in [-0.2, 0) is 0 Å². The summed E-state index contributed by atoms with van der Waals surface area (Å²) in [4.78, 5) is 20.5. The summed E-state index contributed by atoms with van der Waals surface area (Å²) in [6, 6.07) is 3.61. The Morgan fingerprint density at radius 3 is 2.94 bits per heavy atom. The Hall–Kier alpha value is -1.13. The zero-order valence-electron chi connectivity index (χ0n) is 10.4. The van der Waals surface area contributed by atoms with E-state index in [4.69, 9.17) is 11.6 Å². The van der Waals surface area contributed by atoms with Gasteiger partial charge >= 0.3 is 0 Å². The maximum absolute atomic E-state index is 12.3. The molecule has 0 N–H and O–H groups in total. The first kappa shape index (κ1) is 13.3. The van der Waals surface area contributed by atoms with Gasteiger partial charge in [0.05, 0.1) is 5.56 Å². The van der Waals surface area contributed by atoms with E-state index >= 15 is 0 Å². The van der Waals surface area contributed by atoms with Gasteiger partial charge in [-0.05, 0) is 25.1 Å². The van der Waals surface area contributed by atoms with E-state index in [2.05, 4.69) is 9.88 Å². The molecule has 1 aromatic heterocycles. The number of amides is 1. The minimum absolute atomic E-state index is 0.0795. The Morgan fingerprint density at radius 1 is 1.33 bits per heavy atom. The van der Waals surface area contributed by atoms with Crippen molar-refractivity contribution in [1.29, 1.82) is 0 Å². The zero-order valence-corrected chi connectivity index (χ0v) is 11.1. The number of halogens is 1. The summed E-state index contributed by atoms with van der Waals surface area (Å²) in [6.45, 7) is 4.40. The molecule has 2 rings (SSSR count). The minimum Gasteiger partial charge on any atom is -0.337 e. The van der Waals surface area contributed by atoms with Crippen LogP contribution in [0.2, 0.25) is 0 Å². The summed E-state index contributed by atoms with van der Waals surface area (Å²) in [5, 5.41) is 0. The van der Waals surface area contributed by atoms with E-state index in [1.165, 1.54) is 0 Å². The van der Waals surface area contributed by atoms with Crippen molar-refractivity contribution in [2.45, 2.75) is 6.42 Å². The zero-order chi connectivity index (χ0) is 12.8. The van der Waals surface area contributed by atoms with Gasteiger partial charge in [-0.1, -0.05) is 0 Å². The number of carbonyl (C=O) groups excluding carboxylic acids is 1. The number of nitrogens with zero attached hydrogens (tertiary/aromatic N) is 3. The Morgan fingerprint density at radius 2 is 2.22 bits per heavy atom. The quantitative estimate of drug-likeness (QED) is 0.778. The van der Waals surface area contributed by atoms with Crippen LogP contribution in [0.5, 0.6) is 0 Å². The monoisotopic (exact) mass is 267 g/mol. The molecular weight excluding hydrogens is 250 g/mol. The average molecular weight is 268 g/mol. The third kappa shape index (κ3) is 3.43. The number of pyridine rings is 1. The van der Waals surface area contributed by atoms with Crippen molar-refractivity contribution in [3.63, 3.8) is 0 Å². The molecule has 0 spiro atoms. The van der Waals surface area contributed by atoms with Crippen molar-refractivity contribution in [2.24, 2.45) is 0 Å². The number of alkyl halides is 1. The number of aromatic nitrogens is 1. The molecule has 5 heteroatoms. The normalized spacial score (nSPS) is 17.5. The van der Waals surface area contributed by atoms with Crippen LogP contribution in [0.1, 0.15) is 16.8 Å². The SMILES string of the molecule is O=C(c1cccnc1)N1CCCN(CCCl)CC1. The van der Waals surface area contributed by atoms with Crippen molar-refractivity contribution < 1.29 is 4.79 Å².